The Labute approximate surface area is 129 Å². The van der Waals surface area contributed by atoms with Crippen LogP contribution in [0.3, 0.4) is 0 Å². The summed E-state index contributed by atoms with van der Waals surface area (Å²) >= 11 is 1.52. The third kappa shape index (κ3) is 3.08. The van der Waals surface area contributed by atoms with Gasteiger partial charge in [-0.3, -0.25) is 0 Å². The predicted molar refractivity (Wildman–Crippen MR) is 83.9 cm³/mol. The van der Waals surface area contributed by atoms with Gasteiger partial charge >= 0.3 is 0 Å². The van der Waals surface area contributed by atoms with E-state index in [1.807, 2.05) is 12.1 Å². The van der Waals surface area contributed by atoms with Gasteiger partial charge in [-0.2, -0.15) is 5.26 Å². The first kappa shape index (κ1) is 14.1. The van der Waals surface area contributed by atoms with Gasteiger partial charge in [0, 0.05) is 12.3 Å². The molecule has 3 nitrogen and oxygen atoms in total. The minimum absolute atomic E-state index is 0.532. The summed E-state index contributed by atoms with van der Waals surface area (Å²) in [5.74, 6) is 1.47. The van der Waals surface area contributed by atoms with E-state index >= 15 is 0 Å². The van der Waals surface area contributed by atoms with E-state index in [-0.39, 0.29) is 0 Å². The smallest absolute Gasteiger partial charge is 0.128 e. The average Bonchev–Trinajstić information content (AvgIpc) is 3.24. The maximum Gasteiger partial charge on any atom is 0.128 e. The molecule has 1 aliphatic rings. The van der Waals surface area contributed by atoms with Gasteiger partial charge in [0.25, 0.3) is 0 Å². The van der Waals surface area contributed by atoms with Crippen molar-refractivity contribution in [3.8, 4) is 11.8 Å². The molecular weight excluding hydrogens is 280 g/mol. The van der Waals surface area contributed by atoms with Crippen LogP contribution in [0, 0.1) is 25.2 Å². The van der Waals surface area contributed by atoms with Crippen molar-refractivity contribution < 1.29 is 4.74 Å². The van der Waals surface area contributed by atoms with E-state index in [1.54, 1.807) is 0 Å². The number of hydrogen-bond acceptors (Lipinski definition) is 4. The molecular formula is C17H18N2OS. The number of benzene rings is 1. The summed E-state index contributed by atoms with van der Waals surface area (Å²) in [6.45, 7) is 4.77. The van der Waals surface area contributed by atoms with Crippen molar-refractivity contribution in [1.82, 2.24) is 4.98 Å². The first-order valence-corrected chi connectivity index (χ1v) is 8.09. The van der Waals surface area contributed by atoms with E-state index in [2.05, 4.69) is 31.0 Å². The monoisotopic (exact) mass is 298 g/mol. The molecule has 0 saturated heterocycles. The van der Waals surface area contributed by atoms with Crippen molar-refractivity contribution in [3.63, 3.8) is 0 Å². The zero-order chi connectivity index (χ0) is 14.8. The number of hydrogen-bond donors (Lipinski definition) is 0. The highest BCUT2D eigenvalue weighted by Gasteiger charge is 2.29. The molecule has 2 aromatic rings. The molecule has 0 radical (unpaired) electrons. The first-order chi connectivity index (χ1) is 10.2. The van der Waals surface area contributed by atoms with Crippen LogP contribution in [-0.4, -0.2) is 11.6 Å². The van der Waals surface area contributed by atoms with Crippen LogP contribution in [0.2, 0.25) is 0 Å². The molecule has 0 amide bonds. The van der Waals surface area contributed by atoms with Crippen LogP contribution in [0.1, 0.15) is 45.5 Å². The van der Waals surface area contributed by atoms with E-state index < -0.39 is 0 Å². The van der Waals surface area contributed by atoms with Crippen LogP contribution in [0.25, 0.3) is 0 Å². The summed E-state index contributed by atoms with van der Waals surface area (Å²) in [5.41, 5.74) is 3.45. The van der Waals surface area contributed by atoms with Gasteiger partial charge in [-0.1, -0.05) is 12.1 Å². The Morgan fingerprint density at radius 1 is 1.38 bits per heavy atom. The molecule has 1 fully saturated rings. The first-order valence-electron chi connectivity index (χ1n) is 7.27. The Hall–Kier alpha value is -1.86. The van der Waals surface area contributed by atoms with Crippen LogP contribution in [-0.2, 0) is 6.42 Å². The molecule has 3 rings (SSSR count). The zero-order valence-electron chi connectivity index (χ0n) is 12.3. The van der Waals surface area contributed by atoms with Crippen LogP contribution in [0.4, 0.5) is 0 Å². The molecule has 1 saturated carbocycles. The van der Waals surface area contributed by atoms with Crippen molar-refractivity contribution in [2.24, 2.45) is 0 Å². The Kier molecular flexibility index (Phi) is 3.94. The lowest BCUT2D eigenvalue weighted by Gasteiger charge is -2.09. The molecule has 0 N–H and O–H groups in total. The van der Waals surface area contributed by atoms with Gasteiger partial charge in [0.1, 0.15) is 16.7 Å². The summed E-state index contributed by atoms with van der Waals surface area (Å²) in [7, 11) is 0. The number of aromatic nitrogens is 1. The number of aryl methyl sites for hydroxylation is 1. The molecule has 21 heavy (non-hydrogen) atoms. The van der Waals surface area contributed by atoms with Gasteiger partial charge in [-0.05, 0) is 43.9 Å². The van der Waals surface area contributed by atoms with Crippen molar-refractivity contribution in [1.29, 1.82) is 5.26 Å². The zero-order valence-corrected chi connectivity index (χ0v) is 13.2. The summed E-state index contributed by atoms with van der Waals surface area (Å²) in [5, 5.41) is 10.2. The van der Waals surface area contributed by atoms with Crippen LogP contribution in [0.5, 0.6) is 5.75 Å². The summed E-state index contributed by atoms with van der Waals surface area (Å²) in [4.78, 5) is 5.42. The Morgan fingerprint density at radius 2 is 2.19 bits per heavy atom. The summed E-state index contributed by atoms with van der Waals surface area (Å²) in [6, 6.07) is 8.38. The SMILES string of the molecule is Cc1cccc(OCCc2nc(C3CC3)c(C#N)s2)c1C. The van der Waals surface area contributed by atoms with Gasteiger partial charge in [0.15, 0.2) is 0 Å². The molecule has 0 bridgehead atoms. The molecule has 0 aliphatic heterocycles. The number of ether oxygens (including phenoxy) is 1. The molecule has 0 spiro atoms. The van der Waals surface area contributed by atoms with Crippen molar-refractivity contribution >= 4 is 11.3 Å². The predicted octanol–water partition coefficient (Wildman–Crippen LogP) is 4.13. The highest BCUT2D eigenvalue weighted by molar-refractivity contribution is 7.12. The summed E-state index contributed by atoms with van der Waals surface area (Å²) < 4.78 is 5.86. The molecule has 0 atom stereocenters. The van der Waals surface area contributed by atoms with Crippen LogP contribution < -0.4 is 4.74 Å². The minimum Gasteiger partial charge on any atom is -0.493 e. The standard InChI is InChI=1S/C17H18N2OS/c1-11-4-3-5-14(12(11)2)20-9-8-16-19-17(13-6-7-13)15(10-18)21-16/h3-5,13H,6-9H2,1-2H3. The van der Waals surface area contributed by atoms with E-state index in [9.17, 15) is 0 Å². The third-order valence-corrected chi connectivity index (χ3v) is 4.93. The van der Waals surface area contributed by atoms with Gasteiger partial charge < -0.3 is 4.74 Å². The molecule has 0 unspecified atom stereocenters. The lowest BCUT2D eigenvalue weighted by Crippen LogP contribution is -2.03. The highest BCUT2D eigenvalue weighted by atomic mass is 32.1. The largest absolute Gasteiger partial charge is 0.493 e. The second-order valence-electron chi connectivity index (χ2n) is 5.50. The molecule has 1 aromatic heterocycles. The molecule has 1 aromatic carbocycles. The van der Waals surface area contributed by atoms with E-state index in [1.165, 1.54) is 35.3 Å². The number of nitrogens with zero attached hydrogens (tertiary/aromatic N) is 2. The van der Waals surface area contributed by atoms with Gasteiger partial charge in [-0.15, -0.1) is 11.3 Å². The number of thiazole rings is 1. The Balaban J connectivity index is 1.63. The molecule has 108 valence electrons. The lowest BCUT2D eigenvalue weighted by atomic mass is 10.1. The third-order valence-electron chi connectivity index (χ3n) is 3.89. The number of rotatable bonds is 5. The topological polar surface area (TPSA) is 45.9 Å². The average molecular weight is 298 g/mol. The maximum absolute atomic E-state index is 9.17. The summed E-state index contributed by atoms with van der Waals surface area (Å²) in [6.07, 6.45) is 3.12. The van der Waals surface area contributed by atoms with Crippen molar-refractivity contribution in [2.75, 3.05) is 6.61 Å². The fourth-order valence-corrected chi connectivity index (χ4v) is 3.25. The van der Waals surface area contributed by atoms with Crippen LogP contribution in [0.15, 0.2) is 18.2 Å². The van der Waals surface area contributed by atoms with Crippen molar-refractivity contribution in [3.05, 3.63) is 44.9 Å². The molecule has 1 heterocycles. The van der Waals surface area contributed by atoms with Gasteiger partial charge in [-0.25, -0.2) is 4.98 Å². The second kappa shape index (κ2) is 5.87. The Morgan fingerprint density at radius 3 is 2.90 bits per heavy atom. The van der Waals surface area contributed by atoms with E-state index in [4.69, 9.17) is 10.00 Å². The number of nitriles is 1. The minimum atomic E-state index is 0.532. The molecule has 1 aliphatic carbocycles. The molecule has 4 heteroatoms. The van der Waals surface area contributed by atoms with E-state index in [0.717, 1.165) is 27.7 Å². The maximum atomic E-state index is 9.17. The fraction of sp³-hybridized carbons (Fsp3) is 0.412. The van der Waals surface area contributed by atoms with Gasteiger partial charge in [0.05, 0.1) is 17.3 Å². The fourth-order valence-electron chi connectivity index (χ4n) is 2.33. The normalized spacial score (nSPS) is 14.0. The lowest BCUT2D eigenvalue weighted by molar-refractivity contribution is 0.319. The highest BCUT2D eigenvalue weighted by Crippen LogP contribution is 2.42. The van der Waals surface area contributed by atoms with Crippen LogP contribution >= 0.6 is 11.3 Å². The quantitative estimate of drug-likeness (QED) is 0.833. The van der Waals surface area contributed by atoms with Gasteiger partial charge in [0.2, 0.25) is 0 Å². The second-order valence-corrected chi connectivity index (χ2v) is 6.59. The Bertz CT molecular complexity index is 695. The van der Waals surface area contributed by atoms with E-state index in [0.29, 0.717) is 12.5 Å². The van der Waals surface area contributed by atoms with Crippen molar-refractivity contribution in [2.45, 2.75) is 39.0 Å².